The third-order valence-electron chi connectivity index (χ3n) is 3.65. The summed E-state index contributed by atoms with van der Waals surface area (Å²) in [6.45, 7) is 2.02. The van der Waals surface area contributed by atoms with Gasteiger partial charge in [0.15, 0.2) is 9.84 Å². The van der Waals surface area contributed by atoms with E-state index in [9.17, 15) is 13.2 Å². The summed E-state index contributed by atoms with van der Waals surface area (Å²) in [6.07, 6.45) is 0.497. The first-order chi connectivity index (χ1) is 11.5. The van der Waals surface area contributed by atoms with Crippen LogP contribution in [0.25, 0.3) is 0 Å². The summed E-state index contributed by atoms with van der Waals surface area (Å²) < 4.78 is 24.6. The van der Waals surface area contributed by atoms with Crippen molar-refractivity contribution in [1.82, 2.24) is 5.32 Å². The van der Waals surface area contributed by atoms with Gasteiger partial charge in [0, 0.05) is 12.6 Å². The molecule has 7 heteroatoms. The third-order valence-corrected chi connectivity index (χ3v) is 5.62. The van der Waals surface area contributed by atoms with Crippen LogP contribution >= 0.6 is 12.4 Å². The molecule has 3 N–H and O–H groups in total. The summed E-state index contributed by atoms with van der Waals surface area (Å²) in [4.78, 5) is 12.5. The quantitative estimate of drug-likeness (QED) is 0.770. The SMILES string of the molecule is CCCS(=O)(=O)c1ccccc1C(=O)NCC(N)c1ccccc1.Cl. The molecule has 1 unspecified atom stereocenters. The number of hydrogen-bond donors (Lipinski definition) is 2. The van der Waals surface area contributed by atoms with Crippen LogP contribution in [0.4, 0.5) is 0 Å². The molecule has 0 aliphatic rings. The van der Waals surface area contributed by atoms with Crippen LogP contribution in [0.3, 0.4) is 0 Å². The number of rotatable bonds is 7. The molecule has 0 saturated carbocycles. The largest absolute Gasteiger partial charge is 0.350 e. The molecule has 0 fully saturated rings. The maximum Gasteiger partial charge on any atom is 0.252 e. The Kier molecular flexibility index (Phi) is 8.09. The van der Waals surface area contributed by atoms with Crippen molar-refractivity contribution in [3.8, 4) is 0 Å². The lowest BCUT2D eigenvalue weighted by Gasteiger charge is -2.14. The maximum atomic E-state index is 12.4. The van der Waals surface area contributed by atoms with E-state index in [2.05, 4.69) is 5.32 Å². The van der Waals surface area contributed by atoms with Gasteiger partial charge < -0.3 is 11.1 Å². The van der Waals surface area contributed by atoms with Crippen LogP contribution in [-0.2, 0) is 9.84 Å². The van der Waals surface area contributed by atoms with Crippen molar-refractivity contribution < 1.29 is 13.2 Å². The summed E-state index contributed by atoms with van der Waals surface area (Å²) in [5, 5.41) is 2.72. The van der Waals surface area contributed by atoms with Crippen LogP contribution in [0.15, 0.2) is 59.5 Å². The number of sulfone groups is 1. The van der Waals surface area contributed by atoms with Crippen molar-refractivity contribution in [2.24, 2.45) is 5.73 Å². The van der Waals surface area contributed by atoms with Gasteiger partial charge in [0.05, 0.1) is 16.2 Å². The zero-order valence-electron chi connectivity index (χ0n) is 14.0. The predicted octanol–water partition coefficient (Wildman–Crippen LogP) is 2.72. The Morgan fingerprint density at radius 3 is 2.32 bits per heavy atom. The monoisotopic (exact) mass is 382 g/mol. The lowest BCUT2D eigenvalue weighted by Crippen LogP contribution is -2.32. The molecule has 0 saturated heterocycles. The average Bonchev–Trinajstić information content (AvgIpc) is 2.60. The molecule has 0 bridgehead atoms. The topological polar surface area (TPSA) is 89.3 Å². The molecule has 0 heterocycles. The van der Waals surface area contributed by atoms with Gasteiger partial charge in [-0.1, -0.05) is 49.4 Å². The van der Waals surface area contributed by atoms with Gasteiger partial charge >= 0.3 is 0 Å². The lowest BCUT2D eigenvalue weighted by molar-refractivity contribution is 0.0948. The molecule has 2 aromatic rings. The highest BCUT2D eigenvalue weighted by Gasteiger charge is 2.21. The van der Waals surface area contributed by atoms with E-state index < -0.39 is 15.7 Å². The first-order valence-electron chi connectivity index (χ1n) is 7.86. The van der Waals surface area contributed by atoms with E-state index >= 15 is 0 Å². The molecule has 1 atom stereocenters. The van der Waals surface area contributed by atoms with Crippen LogP contribution in [0.2, 0.25) is 0 Å². The number of benzene rings is 2. The first kappa shape index (κ1) is 21.2. The number of nitrogens with one attached hydrogen (secondary N) is 1. The van der Waals surface area contributed by atoms with Gasteiger partial charge in [-0.05, 0) is 24.1 Å². The summed E-state index contributed by atoms with van der Waals surface area (Å²) in [5.41, 5.74) is 7.13. The van der Waals surface area contributed by atoms with E-state index in [1.54, 1.807) is 19.1 Å². The number of nitrogens with two attached hydrogens (primary N) is 1. The van der Waals surface area contributed by atoms with Gasteiger partial charge in [0.1, 0.15) is 0 Å². The third kappa shape index (κ3) is 5.56. The van der Waals surface area contributed by atoms with Crippen molar-refractivity contribution in [3.05, 3.63) is 65.7 Å². The molecule has 0 aliphatic heterocycles. The molecular formula is C18H23ClN2O3S. The zero-order chi connectivity index (χ0) is 17.6. The molecule has 0 radical (unpaired) electrons. The Hall–Kier alpha value is -1.89. The van der Waals surface area contributed by atoms with Gasteiger partial charge in [-0.2, -0.15) is 0 Å². The minimum absolute atomic E-state index is 0. The Labute approximate surface area is 155 Å². The molecule has 5 nitrogen and oxygen atoms in total. The van der Waals surface area contributed by atoms with E-state index in [4.69, 9.17) is 5.73 Å². The number of halogens is 1. The van der Waals surface area contributed by atoms with Crippen molar-refractivity contribution in [2.75, 3.05) is 12.3 Å². The van der Waals surface area contributed by atoms with Gasteiger partial charge in [-0.25, -0.2) is 8.42 Å². The second kappa shape index (κ2) is 9.56. The Bertz CT molecular complexity index is 795. The highest BCUT2D eigenvalue weighted by atomic mass is 35.5. The summed E-state index contributed by atoms with van der Waals surface area (Å²) in [5.74, 6) is -0.419. The second-order valence-electron chi connectivity index (χ2n) is 5.54. The van der Waals surface area contributed by atoms with Crippen molar-refractivity contribution in [3.63, 3.8) is 0 Å². The summed E-state index contributed by atoms with van der Waals surface area (Å²) in [7, 11) is -3.47. The van der Waals surface area contributed by atoms with Crippen molar-refractivity contribution in [2.45, 2.75) is 24.3 Å². The number of hydrogen-bond acceptors (Lipinski definition) is 4. The zero-order valence-corrected chi connectivity index (χ0v) is 15.6. The standard InChI is InChI=1S/C18H22N2O3S.ClH/c1-2-12-24(22,23)17-11-7-6-10-15(17)18(21)20-13-16(19)14-8-4-3-5-9-14;/h3-11,16H,2,12-13,19H2,1H3,(H,20,21);1H. The first-order valence-corrected chi connectivity index (χ1v) is 9.51. The van der Waals surface area contributed by atoms with Crippen LogP contribution in [0.5, 0.6) is 0 Å². The fraction of sp³-hybridized carbons (Fsp3) is 0.278. The van der Waals surface area contributed by atoms with Gasteiger partial charge in [0.25, 0.3) is 5.91 Å². The molecule has 2 aromatic carbocycles. The molecule has 1 amide bonds. The number of carbonyl (C=O) groups is 1. The minimum Gasteiger partial charge on any atom is -0.350 e. The highest BCUT2D eigenvalue weighted by molar-refractivity contribution is 7.91. The Morgan fingerprint density at radius 2 is 1.68 bits per heavy atom. The van der Waals surface area contributed by atoms with E-state index in [1.165, 1.54) is 12.1 Å². The smallest absolute Gasteiger partial charge is 0.252 e. The molecule has 136 valence electrons. The predicted molar refractivity (Wildman–Crippen MR) is 102 cm³/mol. The normalized spacial score (nSPS) is 12.1. The molecule has 25 heavy (non-hydrogen) atoms. The molecule has 0 aromatic heterocycles. The minimum atomic E-state index is -3.47. The Morgan fingerprint density at radius 1 is 1.08 bits per heavy atom. The summed E-state index contributed by atoms with van der Waals surface area (Å²) in [6, 6.07) is 15.3. The second-order valence-corrected chi connectivity index (χ2v) is 7.62. The van der Waals surface area contributed by atoms with E-state index in [-0.39, 0.29) is 41.2 Å². The molecule has 0 spiro atoms. The van der Waals surface area contributed by atoms with E-state index in [1.807, 2.05) is 30.3 Å². The van der Waals surface area contributed by atoms with Crippen LogP contribution in [0.1, 0.15) is 35.3 Å². The molecular weight excluding hydrogens is 360 g/mol. The van der Waals surface area contributed by atoms with E-state index in [0.717, 1.165) is 5.56 Å². The number of amides is 1. The van der Waals surface area contributed by atoms with Gasteiger partial charge in [-0.15, -0.1) is 12.4 Å². The fourth-order valence-corrected chi connectivity index (χ4v) is 3.96. The van der Waals surface area contributed by atoms with E-state index in [0.29, 0.717) is 6.42 Å². The maximum absolute atomic E-state index is 12.4. The number of carbonyl (C=O) groups excluding carboxylic acids is 1. The van der Waals surface area contributed by atoms with Gasteiger partial charge in [0.2, 0.25) is 0 Å². The van der Waals surface area contributed by atoms with Gasteiger partial charge in [-0.3, -0.25) is 4.79 Å². The lowest BCUT2D eigenvalue weighted by atomic mass is 10.1. The van der Waals surface area contributed by atoms with Crippen molar-refractivity contribution in [1.29, 1.82) is 0 Å². The van der Waals surface area contributed by atoms with Crippen molar-refractivity contribution >= 4 is 28.2 Å². The fourth-order valence-electron chi connectivity index (χ4n) is 2.42. The van der Waals surface area contributed by atoms with Crippen LogP contribution in [-0.4, -0.2) is 26.6 Å². The highest BCUT2D eigenvalue weighted by Crippen LogP contribution is 2.18. The average molecular weight is 383 g/mol. The molecule has 2 rings (SSSR count). The van der Waals surface area contributed by atoms with Crippen LogP contribution < -0.4 is 11.1 Å². The van der Waals surface area contributed by atoms with Crippen LogP contribution in [0, 0.1) is 0 Å². The summed E-state index contributed by atoms with van der Waals surface area (Å²) >= 11 is 0. The Balaban J connectivity index is 0.00000312. The molecule has 0 aliphatic carbocycles.